The predicted molar refractivity (Wildman–Crippen MR) is 91.5 cm³/mol. The van der Waals surface area contributed by atoms with Crippen LogP contribution in [0.5, 0.6) is 0 Å². The SMILES string of the molecule is Cn1cc(COC(=O)c2ccc(S(=O)(=O)NCc3ccco3)cc2)cn1. The summed E-state index contributed by atoms with van der Waals surface area (Å²) in [4.78, 5) is 12.1. The molecule has 0 saturated heterocycles. The Balaban J connectivity index is 1.60. The van der Waals surface area contributed by atoms with Gasteiger partial charge >= 0.3 is 5.97 Å². The Hall–Kier alpha value is -2.91. The Morgan fingerprint density at radius 1 is 1.27 bits per heavy atom. The van der Waals surface area contributed by atoms with Crippen molar-refractivity contribution in [3.05, 3.63) is 71.9 Å². The van der Waals surface area contributed by atoms with Gasteiger partial charge in [0.2, 0.25) is 10.0 Å². The summed E-state index contributed by atoms with van der Waals surface area (Å²) >= 11 is 0. The van der Waals surface area contributed by atoms with E-state index in [0.717, 1.165) is 5.56 Å². The van der Waals surface area contributed by atoms with Crippen molar-refractivity contribution in [1.82, 2.24) is 14.5 Å². The third-order valence-electron chi connectivity index (χ3n) is 3.55. The van der Waals surface area contributed by atoms with Crippen molar-refractivity contribution in [1.29, 1.82) is 0 Å². The molecular weight excluding hydrogens is 358 g/mol. The summed E-state index contributed by atoms with van der Waals surface area (Å²) < 4.78 is 38.8. The zero-order valence-electron chi connectivity index (χ0n) is 14.0. The topological polar surface area (TPSA) is 103 Å². The van der Waals surface area contributed by atoms with E-state index < -0.39 is 16.0 Å². The van der Waals surface area contributed by atoms with Gasteiger partial charge in [0, 0.05) is 18.8 Å². The second kappa shape index (κ2) is 7.54. The first-order valence-corrected chi connectivity index (χ1v) is 9.19. The minimum Gasteiger partial charge on any atom is -0.468 e. The van der Waals surface area contributed by atoms with Gasteiger partial charge in [-0.05, 0) is 36.4 Å². The zero-order valence-corrected chi connectivity index (χ0v) is 14.8. The molecule has 0 amide bonds. The highest BCUT2D eigenvalue weighted by Gasteiger charge is 2.16. The lowest BCUT2D eigenvalue weighted by atomic mass is 10.2. The van der Waals surface area contributed by atoms with Crippen molar-refractivity contribution in [2.75, 3.05) is 0 Å². The Labute approximate surface area is 150 Å². The number of furan rings is 1. The molecule has 0 fully saturated rings. The van der Waals surface area contributed by atoms with Crippen LogP contribution >= 0.6 is 0 Å². The van der Waals surface area contributed by atoms with Crippen molar-refractivity contribution in [2.24, 2.45) is 7.05 Å². The van der Waals surface area contributed by atoms with Gasteiger partial charge < -0.3 is 9.15 Å². The summed E-state index contributed by atoms with van der Waals surface area (Å²) in [5, 5.41) is 3.99. The minimum atomic E-state index is -3.70. The molecule has 136 valence electrons. The van der Waals surface area contributed by atoms with Crippen LogP contribution in [0, 0.1) is 0 Å². The van der Waals surface area contributed by atoms with Crippen LogP contribution in [0.25, 0.3) is 0 Å². The molecule has 9 heteroatoms. The number of esters is 1. The van der Waals surface area contributed by atoms with Gasteiger partial charge in [-0.15, -0.1) is 0 Å². The molecule has 0 bridgehead atoms. The maximum absolute atomic E-state index is 12.2. The second-order valence-electron chi connectivity index (χ2n) is 5.53. The molecule has 1 N–H and O–H groups in total. The van der Waals surface area contributed by atoms with E-state index in [9.17, 15) is 13.2 Å². The van der Waals surface area contributed by atoms with Crippen LogP contribution in [-0.2, 0) is 35.0 Å². The molecule has 0 aliphatic heterocycles. The summed E-state index contributed by atoms with van der Waals surface area (Å²) in [7, 11) is -1.94. The summed E-state index contributed by atoms with van der Waals surface area (Å²) in [6.07, 6.45) is 4.82. The number of ether oxygens (including phenoxy) is 1. The standard InChI is InChI=1S/C17H17N3O5S/c1-20-11-13(9-18-20)12-25-17(21)14-4-6-16(7-5-14)26(22,23)19-10-15-3-2-8-24-15/h2-9,11,19H,10,12H2,1H3. The number of aromatic nitrogens is 2. The minimum absolute atomic E-state index is 0.0459. The summed E-state index contributed by atoms with van der Waals surface area (Å²) in [5.41, 5.74) is 1.03. The smallest absolute Gasteiger partial charge is 0.338 e. The van der Waals surface area contributed by atoms with Crippen LogP contribution in [0.2, 0.25) is 0 Å². The number of carbonyl (C=O) groups is 1. The average Bonchev–Trinajstić information content (AvgIpc) is 3.30. The molecule has 0 unspecified atom stereocenters. The number of carbonyl (C=O) groups excluding carboxylic acids is 1. The number of benzene rings is 1. The second-order valence-corrected chi connectivity index (χ2v) is 7.29. The Bertz CT molecular complexity index is 976. The lowest BCUT2D eigenvalue weighted by Crippen LogP contribution is -2.23. The number of hydrogen-bond acceptors (Lipinski definition) is 6. The van der Waals surface area contributed by atoms with Crippen molar-refractivity contribution in [3.63, 3.8) is 0 Å². The quantitative estimate of drug-likeness (QED) is 0.632. The van der Waals surface area contributed by atoms with Crippen molar-refractivity contribution in [3.8, 4) is 0 Å². The van der Waals surface area contributed by atoms with E-state index in [-0.39, 0.29) is 23.6 Å². The Kier molecular flexibility index (Phi) is 5.19. The third kappa shape index (κ3) is 4.38. The van der Waals surface area contributed by atoms with E-state index in [1.165, 1.54) is 30.5 Å². The van der Waals surface area contributed by atoms with Crippen molar-refractivity contribution in [2.45, 2.75) is 18.0 Å². The highest BCUT2D eigenvalue weighted by Crippen LogP contribution is 2.13. The first-order chi connectivity index (χ1) is 12.4. The molecule has 0 atom stereocenters. The number of nitrogens with one attached hydrogen (secondary N) is 1. The molecule has 0 spiro atoms. The fourth-order valence-corrected chi connectivity index (χ4v) is 3.20. The highest BCUT2D eigenvalue weighted by atomic mass is 32.2. The van der Waals surface area contributed by atoms with Gasteiger partial charge in [-0.25, -0.2) is 17.9 Å². The molecule has 0 aliphatic rings. The fourth-order valence-electron chi connectivity index (χ4n) is 2.21. The lowest BCUT2D eigenvalue weighted by molar-refractivity contribution is 0.0472. The largest absolute Gasteiger partial charge is 0.468 e. The predicted octanol–water partition coefficient (Wildman–Crippen LogP) is 1.85. The van der Waals surface area contributed by atoms with E-state index in [0.29, 0.717) is 5.76 Å². The molecule has 2 aromatic heterocycles. The molecule has 3 rings (SSSR count). The van der Waals surface area contributed by atoms with E-state index >= 15 is 0 Å². The monoisotopic (exact) mass is 375 g/mol. The van der Waals surface area contributed by atoms with Crippen LogP contribution in [0.3, 0.4) is 0 Å². The van der Waals surface area contributed by atoms with E-state index in [2.05, 4.69) is 9.82 Å². The first-order valence-electron chi connectivity index (χ1n) is 7.71. The molecule has 26 heavy (non-hydrogen) atoms. The van der Waals surface area contributed by atoms with E-state index in [1.807, 2.05) is 0 Å². The van der Waals surface area contributed by atoms with Gasteiger partial charge in [0.05, 0.1) is 29.5 Å². The van der Waals surface area contributed by atoms with E-state index in [4.69, 9.17) is 9.15 Å². The maximum atomic E-state index is 12.2. The number of nitrogens with zero attached hydrogens (tertiary/aromatic N) is 2. The highest BCUT2D eigenvalue weighted by molar-refractivity contribution is 7.89. The van der Waals surface area contributed by atoms with Gasteiger partial charge in [0.1, 0.15) is 12.4 Å². The number of aryl methyl sites for hydroxylation is 1. The number of hydrogen-bond donors (Lipinski definition) is 1. The molecule has 0 radical (unpaired) electrons. The molecular formula is C17H17N3O5S. The molecule has 1 aromatic carbocycles. The van der Waals surface area contributed by atoms with Crippen LogP contribution < -0.4 is 4.72 Å². The lowest BCUT2D eigenvalue weighted by Gasteiger charge is -2.07. The number of sulfonamides is 1. The van der Waals surface area contributed by atoms with E-state index in [1.54, 1.807) is 36.3 Å². The van der Waals surface area contributed by atoms with Crippen LogP contribution in [-0.4, -0.2) is 24.2 Å². The molecule has 8 nitrogen and oxygen atoms in total. The third-order valence-corrected chi connectivity index (χ3v) is 4.96. The molecule has 3 aromatic rings. The van der Waals surface area contributed by atoms with Crippen LogP contribution in [0.1, 0.15) is 21.7 Å². The fraction of sp³-hybridized carbons (Fsp3) is 0.176. The molecule has 2 heterocycles. The Morgan fingerprint density at radius 2 is 2.04 bits per heavy atom. The van der Waals surface area contributed by atoms with Crippen molar-refractivity contribution >= 4 is 16.0 Å². The van der Waals surface area contributed by atoms with Gasteiger partial charge in [-0.2, -0.15) is 5.10 Å². The van der Waals surface area contributed by atoms with Gasteiger partial charge in [-0.1, -0.05) is 0 Å². The van der Waals surface area contributed by atoms with Gasteiger partial charge in [0.25, 0.3) is 0 Å². The van der Waals surface area contributed by atoms with Crippen LogP contribution in [0.4, 0.5) is 0 Å². The number of rotatable bonds is 7. The summed E-state index contributed by atoms with van der Waals surface area (Å²) in [5.74, 6) is -0.0366. The van der Waals surface area contributed by atoms with Crippen LogP contribution in [0.15, 0.2) is 64.4 Å². The molecule has 0 aliphatic carbocycles. The first kappa shape index (κ1) is 17.9. The van der Waals surface area contributed by atoms with Gasteiger partial charge in [-0.3, -0.25) is 4.68 Å². The molecule has 0 saturated carbocycles. The maximum Gasteiger partial charge on any atom is 0.338 e. The summed E-state index contributed by atoms with van der Waals surface area (Å²) in [6.45, 7) is 0.141. The normalized spacial score (nSPS) is 11.4. The zero-order chi connectivity index (χ0) is 18.6. The van der Waals surface area contributed by atoms with Gasteiger partial charge in [0.15, 0.2) is 0 Å². The van der Waals surface area contributed by atoms with Crippen molar-refractivity contribution < 1.29 is 22.4 Å². The summed E-state index contributed by atoms with van der Waals surface area (Å²) in [6, 6.07) is 8.87. The average molecular weight is 375 g/mol. The Morgan fingerprint density at radius 3 is 2.65 bits per heavy atom.